The smallest absolute Gasteiger partial charge is 0.261 e. The van der Waals surface area contributed by atoms with Gasteiger partial charge in [-0.1, -0.05) is 25.3 Å². The Bertz CT molecular complexity index is 1230. The predicted octanol–water partition coefficient (Wildman–Crippen LogP) is 2.46. The molecule has 35 heavy (non-hydrogen) atoms. The number of hydrogen-bond donors (Lipinski definition) is 5. The third-order valence-corrected chi connectivity index (χ3v) is 9.44. The van der Waals surface area contributed by atoms with Crippen molar-refractivity contribution in [2.45, 2.75) is 75.3 Å². The van der Waals surface area contributed by atoms with Gasteiger partial charge in [0.25, 0.3) is 11.5 Å². The van der Waals surface area contributed by atoms with E-state index in [9.17, 15) is 19.8 Å². The van der Waals surface area contributed by atoms with Gasteiger partial charge >= 0.3 is 0 Å². The van der Waals surface area contributed by atoms with Crippen molar-refractivity contribution >= 4 is 5.91 Å². The second-order valence-electron chi connectivity index (χ2n) is 11.4. The van der Waals surface area contributed by atoms with Crippen LogP contribution in [0.4, 0.5) is 0 Å². The van der Waals surface area contributed by atoms with Crippen molar-refractivity contribution in [1.29, 1.82) is 0 Å². The largest absolute Gasteiger partial charge is 0.508 e. The Hall–Kier alpha value is -2.64. The van der Waals surface area contributed by atoms with Crippen molar-refractivity contribution in [3.8, 4) is 5.75 Å². The third-order valence-electron chi connectivity index (χ3n) is 9.44. The van der Waals surface area contributed by atoms with Crippen LogP contribution in [0.5, 0.6) is 5.75 Å². The fraction of sp³-hybridized carbons (Fsp3) is 0.571. The Morgan fingerprint density at radius 3 is 2.71 bits per heavy atom. The molecule has 4 aliphatic rings. The molecule has 4 atom stereocenters. The number of amides is 1. The van der Waals surface area contributed by atoms with Gasteiger partial charge in [-0.15, -0.1) is 0 Å². The molecule has 6 rings (SSSR count). The number of carbonyl (C=O) groups is 1. The number of carbonyl (C=O) groups excluding carboxylic acids is 1. The molecule has 186 valence electrons. The highest BCUT2D eigenvalue weighted by molar-refractivity contribution is 5.94. The van der Waals surface area contributed by atoms with Crippen LogP contribution in [-0.2, 0) is 18.3 Å². The number of H-pyrrole nitrogens is 1. The van der Waals surface area contributed by atoms with Gasteiger partial charge in [0.15, 0.2) is 0 Å². The zero-order valence-electron chi connectivity index (χ0n) is 20.3. The zero-order chi connectivity index (χ0) is 24.4. The number of hydrogen-bond acceptors (Lipinski definition) is 5. The molecule has 2 saturated carbocycles. The van der Waals surface area contributed by atoms with Crippen molar-refractivity contribution in [3.05, 3.63) is 62.6 Å². The monoisotopic (exact) mass is 477 g/mol. The molecule has 1 amide bonds. The van der Waals surface area contributed by atoms with E-state index >= 15 is 0 Å². The number of phenolic OH excluding ortho intramolecular Hbond substituents is 1. The summed E-state index contributed by atoms with van der Waals surface area (Å²) < 4.78 is 0. The minimum atomic E-state index is -1.07. The van der Waals surface area contributed by atoms with E-state index in [2.05, 4.69) is 15.6 Å². The van der Waals surface area contributed by atoms with Crippen molar-refractivity contribution in [2.24, 2.45) is 11.8 Å². The van der Waals surface area contributed by atoms with Crippen LogP contribution in [0.2, 0.25) is 0 Å². The lowest BCUT2D eigenvalue weighted by atomic mass is 9.59. The molecule has 2 aromatic rings. The summed E-state index contributed by atoms with van der Waals surface area (Å²) in [7, 11) is 0. The molecule has 0 bridgehead atoms. The summed E-state index contributed by atoms with van der Waals surface area (Å²) in [4.78, 5) is 29.0. The zero-order valence-corrected chi connectivity index (χ0v) is 20.3. The van der Waals surface area contributed by atoms with Crippen LogP contribution in [0.1, 0.15) is 71.3 Å². The maximum Gasteiger partial charge on any atom is 0.261 e. The standard InChI is InChI=1S/C28H35N3O4/c1-16-7-8-20(32)10-22(16)27-11-19-15-29-24(19)28(27,35)12-18-9-21(26(34)31-23(18)13-27)25(33)30-14-17-5-3-2-4-6-17/h7-10,17,19,24,29,32,35H,2-6,11-15H2,1H3,(H,30,33)(H,31,34)/t19?,24-,27-,28-/m1/s1. The Balaban J connectivity index is 1.35. The summed E-state index contributed by atoms with van der Waals surface area (Å²) in [6, 6.07) is 7.00. The number of benzene rings is 1. The maximum absolute atomic E-state index is 13.0. The second-order valence-corrected chi connectivity index (χ2v) is 11.4. The SMILES string of the molecule is Cc1ccc(O)cc1[C@@]12Cc3[nH]c(=O)c(C(=O)NCC4CCCCC4)cc3C[C@@]1(O)[C@@H]1NCC1C2. The highest BCUT2D eigenvalue weighted by atomic mass is 16.3. The summed E-state index contributed by atoms with van der Waals surface area (Å²) in [6.07, 6.45) is 7.53. The van der Waals surface area contributed by atoms with E-state index in [0.717, 1.165) is 48.2 Å². The van der Waals surface area contributed by atoms with Gasteiger partial charge in [-0.2, -0.15) is 0 Å². The highest BCUT2D eigenvalue weighted by Gasteiger charge is 2.68. The Kier molecular flexibility index (Phi) is 5.34. The minimum absolute atomic E-state index is 0.0482. The van der Waals surface area contributed by atoms with Gasteiger partial charge in [0.05, 0.1) is 5.60 Å². The number of fused-ring (bicyclic) bond motifs is 4. The van der Waals surface area contributed by atoms with E-state index in [1.54, 1.807) is 18.2 Å². The van der Waals surface area contributed by atoms with E-state index in [1.807, 2.05) is 13.0 Å². The third kappa shape index (κ3) is 3.46. The summed E-state index contributed by atoms with van der Waals surface area (Å²) in [6.45, 7) is 3.47. The molecule has 3 aliphatic carbocycles. The number of aliphatic hydroxyl groups is 1. The van der Waals surface area contributed by atoms with Crippen LogP contribution in [0.15, 0.2) is 29.1 Å². The van der Waals surface area contributed by atoms with Gasteiger partial charge in [0.2, 0.25) is 0 Å². The van der Waals surface area contributed by atoms with Crippen LogP contribution in [0.25, 0.3) is 0 Å². The molecule has 1 aliphatic heterocycles. The van der Waals surface area contributed by atoms with Crippen LogP contribution in [0.3, 0.4) is 0 Å². The van der Waals surface area contributed by atoms with Gasteiger partial charge in [0, 0.05) is 36.5 Å². The molecular formula is C28H35N3O4. The molecular weight excluding hydrogens is 442 g/mol. The fourth-order valence-electron chi connectivity index (χ4n) is 7.55. The van der Waals surface area contributed by atoms with Gasteiger partial charge in [-0.25, -0.2) is 0 Å². The lowest BCUT2D eigenvalue weighted by molar-refractivity contribution is -0.0594. The quantitative estimate of drug-likeness (QED) is 0.464. The van der Waals surface area contributed by atoms with E-state index in [0.29, 0.717) is 31.2 Å². The maximum atomic E-state index is 13.0. The van der Waals surface area contributed by atoms with Crippen molar-refractivity contribution in [1.82, 2.24) is 15.6 Å². The van der Waals surface area contributed by atoms with Crippen molar-refractivity contribution in [2.75, 3.05) is 13.1 Å². The number of aromatic amines is 1. The van der Waals surface area contributed by atoms with Crippen molar-refractivity contribution in [3.63, 3.8) is 0 Å². The summed E-state index contributed by atoms with van der Waals surface area (Å²) in [5, 5.41) is 29.0. The van der Waals surface area contributed by atoms with Crippen LogP contribution >= 0.6 is 0 Å². The first-order valence-electron chi connectivity index (χ1n) is 13.1. The van der Waals surface area contributed by atoms with Gasteiger partial charge < -0.3 is 25.8 Å². The number of rotatable bonds is 4. The number of aryl methyl sites for hydroxylation is 1. The number of aromatic nitrogens is 1. The predicted molar refractivity (Wildman–Crippen MR) is 133 cm³/mol. The highest BCUT2D eigenvalue weighted by Crippen LogP contribution is 2.59. The molecule has 1 saturated heterocycles. The summed E-state index contributed by atoms with van der Waals surface area (Å²) >= 11 is 0. The molecule has 0 spiro atoms. The number of aromatic hydroxyl groups is 1. The summed E-state index contributed by atoms with van der Waals surface area (Å²) in [5.74, 6) is 0.662. The number of pyridine rings is 1. The lowest BCUT2D eigenvalue weighted by Crippen LogP contribution is -2.67. The first-order valence-corrected chi connectivity index (χ1v) is 13.1. The van der Waals surface area contributed by atoms with E-state index in [1.165, 1.54) is 19.3 Å². The first kappa shape index (κ1) is 22.8. The molecule has 7 heteroatoms. The average molecular weight is 478 g/mol. The van der Waals surface area contributed by atoms with E-state index in [4.69, 9.17) is 0 Å². The van der Waals surface area contributed by atoms with Crippen LogP contribution in [-0.4, -0.2) is 45.8 Å². The van der Waals surface area contributed by atoms with Crippen LogP contribution < -0.4 is 16.2 Å². The van der Waals surface area contributed by atoms with Gasteiger partial charge in [0.1, 0.15) is 11.3 Å². The van der Waals surface area contributed by atoms with Gasteiger partial charge in [-0.05, 0) is 79.5 Å². The molecule has 0 radical (unpaired) electrons. The Labute approximate surface area is 205 Å². The second kappa shape index (κ2) is 8.20. The van der Waals surface area contributed by atoms with Crippen molar-refractivity contribution < 1.29 is 15.0 Å². The summed E-state index contributed by atoms with van der Waals surface area (Å²) in [5.41, 5.74) is 1.64. The molecule has 1 aromatic carbocycles. The van der Waals surface area contributed by atoms with Gasteiger partial charge in [-0.3, -0.25) is 9.59 Å². The first-order chi connectivity index (χ1) is 16.8. The topological polar surface area (TPSA) is 114 Å². The molecule has 1 unspecified atom stereocenters. The average Bonchev–Trinajstić information content (AvgIpc) is 2.99. The van der Waals surface area contributed by atoms with E-state index in [-0.39, 0.29) is 28.8 Å². The van der Waals surface area contributed by atoms with E-state index < -0.39 is 11.0 Å². The molecule has 3 fully saturated rings. The number of nitrogens with one attached hydrogen (secondary N) is 3. The normalized spacial score (nSPS) is 31.7. The van der Waals surface area contributed by atoms with Crippen LogP contribution in [0, 0.1) is 18.8 Å². The lowest BCUT2D eigenvalue weighted by Gasteiger charge is -2.51. The molecule has 5 N–H and O–H groups in total. The Morgan fingerprint density at radius 2 is 1.97 bits per heavy atom. The molecule has 7 nitrogen and oxygen atoms in total. The molecule has 2 heterocycles. The Morgan fingerprint density at radius 1 is 1.17 bits per heavy atom. The molecule has 1 aromatic heterocycles. The number of phenols is 1. The fourth-order valence-corrected chi connectivity index (χ4v) is 7.55. The minimum Gasteiger partial charge on any atom is -0.508 e.